The Hall–Kier alpha value is -2.08. The molecule has 0 bridgehead atoms. The number of likely N-dealkylation sites (tertiary alicyclic amines) is 2. The van der Waals surface area contributed by atoms with Gasteiger partial charge in [0.05, 0.1) is 18.4 Å². The van der Waals surface area contributed by atoms with Crippen LogP contribution in [0.25, 0.3) is 0 Å². The van der Waals surface area contributed by atoms with E-state index in [-0.39, 0.29) is 35.3 Å². The van der Waals surface area contributed by atoms with Crippen molar-refractivity contribution in [1.29, 1.82) is 0 Å². The Morgan fingerprint density at radius 3 is 2.07 bits per heavy atom. The van der Waals surface area contributed by atoms with Crippen LogP contribution >= 0.6 is 0 Å². The predicted octanol–water partition coefficient (Wildman–Crippen LogP) is 2.90. The quantitative estimate of drug-likeness (QED) is 0.577. The number of benzene rings is 1. The maximum Gasteiger partial charge on any atom is 0.233 e. The molecule has 6 heteroatoms. The van der Waals surface area contributed by atoms with Crippen LogP contribution in [-0.4, -0.2) is 53.6 Å². The number of carbonyl (C=O) groups is 3. The summed E-state index contributed by atoms with van der Waals surface area (Å²) in [5.74, 6) is -0.0996. The molecule has 2 aliphatic heterocycles. The van der Waals surface area contributed by atoms with Crippen molar-refractivity contribution in [2.45, 2.75) is 38.5 Å². The molecule has 1 saturated carbocycles. The van der Waals surface area contributed by atoms with Gasteiger partial charge in [-0.3, -0.25) is 24.2 Å². The van der Waals surface area contributed by atoms with Crippen LogP contribution in [0.15, 0.2) is 24.3 Å². The van der Waals surface area contributed by atoms with Gasteiger partial charge < -0.3 is 0 Å². The van der Waals surface area contributed by atoms with E-state index in [0.717, 1.165) is 51.6 Å². The first kappa shape index (κ1) is 19.2. The number of fused-ring (bicyclic) bond motifs is 1. The summed E-state index contributed by atoms with van der Waals surface area (Å²) >= 11 is 0. The third-order valence-electron chi connectivity index (χ3n) is 6.61. The molecule has 150 valence electrons. The van der Waals surface area contributed by atoms with E-state index < -0.39 is 0 Å². The van der Waals surface area contributed by atoms with Gasteiger partial charge in [-0.1, -0.05) is 12.8 Å². The molecule has 0 radical (unpaired) electrons. The smallest absolute Gasteiger partial charge is 0.233 e. The average molecular weight is 386 g/mol. The number of hydrogen-bond donors (Lipinski definition) is 0. The zero-order chi connectivity index (χ0) is 19.7. The van der Waals surface area contributed by atoms with Gasteiger partial charge in [0.2, 0.25) is 11.8 Å². The highest BCUT2D eigenvalue weighted by Crippen LogP contribution is 2.38. The molecule has 28 heavy (non-hydrogen) atoms. The van der Waals surface area contributed by atoms with Crippen molar-refractivity contribution in [1.82, 2.24) is 9.80 Å². The molecule has 2 atom stereocenters. The second kappa shape index (κ2) is 8.11. The maximum atomic E-state index is 13.0. The highest BCUT2D eigenvalue weighted by atomic mass is 19.1. The molecule has 0 aromatic heterocycles. The molecule has 1 aromatic carbocycles. The molecule has 1 aromatic rings. The van der Waals surface area contributed by atoms with E-state index in [1.807, 2.05) is 0 Å². The van der Waals surface area contributed by atoms with Gasteiger partial charge in [0.1, 0.15) is 5.82 Å². The van der Waals surface area contributed by atoms with Crippen molar-refractivity contribution in [3.63, 3.8) is 0 Å². The standard InChI is InChI=1S/C22H27FN2O3/c23-17-7-5-16(6-8-17)20(26)14-24-11-9-15(10-12-24)13-25-21(27)18-3-1-2-4-19(18)22(25)28/h5-8,15,18-19H,1-4,9-14H2/t18-,19-/m0/s1. The van der Waals surface area contributed by atoms with Crippen molar-refractivity contribution in [3.05, 3.63) is 35.6 Å². The van der Waals surface area contributed by atoms with Crippen molar-refractivity contribution in [2.24, 2.45) is 17.8 Å². The lowest BCUT2D eigenvalue weighted by Crippen LogP contribution is -2.42. The Morgan fingerprint density at radius 1 is 0.929 bits per heavy atom. The van der Waals surface area contributed by atoms with Crippen LogP contribution in [0.2, 0.25) is 0 Å². The monoisotopic (exact) mass is 386 g/mol. The van der Waals surface area contributed by atoms with Crippen LogP contribution < -0.4 is 0 Å². The van der Waals surface area contributed by atoms with E-state index >= 15 is 0 Å². The summed E-state index contributed by atoms with van der Waals surface area (Å²) < 4.78 is 13.0. The number of rotatable bonds is 5. The topological polar surface area (TPSA) is 57.7 Å². The number of hydrogen-bond acceptors (Lipinski definition) is 4. The molecule has 2 saturated heterocycles. The number of carbonyl (C=O) groups excluding carboxylic acids is 3. The minimum absolute atomic E-state index is 0.00702. The third kappa shape index (κ3) is 3.88. The van der Waals surface area contributed by atoms with Crippen LogP contribution in [0.4, 0.5) is 4.39 Å². The summed E-state index contributed by atoms with van der Waals surface area (Å²) in [6, 6.07) is 5.66. The fraction of sp³-hybridized carbons (Fsp3) is 0.591. The summed E-state index contributed by atoms with van der Waals surface area (Å²) in [5, 5.41) is 0. The Kier molecular flexibility index (Phi) is 5.58. The van der Waals surface area contributed by atoms with E-state index in [4.69, 9.17) is 0 Å². The minimum atomic E-state index is -0.344. The Labute approximate surface area is 164 Å². The van der Waals surface area contributed by atoms with Gasteiger partial charge in [0, 0.05) is 12.1 Å². The zero-order valence-electron chi connectivity index (χ0n) is 16.1. The average Bonchev–Trinajstić information content (AvgIpc) is 2.95. The fourth-order valence-corrected chi connectivity index (χ4v) is 4.93. The van der Waals surface area contributed by atoms with E-state index in [2.05, 4.69) is 4.90 Å². The number of amides is 2. The summed E-state index contributed by atoms with van der Waals surface area (Å²) in [6.07, 6.45) is 5.57. The second-order valence-electron chi connectivity index (χ2n) is 8.43. The maximum absolute atomic E-state index is 13.0. The molecular formula is C22H27FN2O3. The molecule has 1 aliphatic carbocycles. The molecule has 0 N–H and O–H groups in total. The number of halogens is 1. The van der Waals surface area contributed by atoms with E-state index in [0.29, 0.717) is 24.6 Å². The van der Waals surface area contributed by atoms with Gasteiger partial charge >= 0.3 is 0 Å². The highest BCUT2D eigenvalue weighted by Gasteiger charge is 2.48. The number of piperidine rings is 1. The van der Waals surface area contributed by atoms with Crippen LogP contribution in [0.1, 0.15) is 48.9 Å². The lowest BCUT2D eigenvalue weighted by Gasteiger charge is -2.33. The summed E-state index contributed by atoms with van der Waals surface area (Å²) in [5.41, 5.74) is 0.527. The second-order valence-corrected chi connectivity index (χ2v) is 8.43. The Bertz CT molecular complexity index is 732. The first-order chi connectivity index (χ1) is 13.5. The van der Waals surface area contributed by atoms with Crippen LogP contribution in [0.5, 0.6) is 0 Å². The summed E-state index contributed by atoms with van der Waals surface area (Å²) in [4.78, 5) is 41.3. The molecule has 5 nitrogen and oxygen atoms in total. The van der Waals surface area contributed by atoms with Gasteiger partial charge in [0.15, 0.2) is 5.78 Å². The lowest BCUT2D eigenvalue weighted by molar-refractivity contribution is -0.140. The highest BCUT2D eigenvalue weighted by molar-refractivity contribution is 6.05. The molecule has 4 rings (SSSR count). The molecule has 0 spiro atoms. The van der Waals surface area contributed by atoms with Gasteiger partial charge in [-0.15, -0.1) is 0 Å². The van der Waals surface area contributed by atoms with Crippen LogP contribution in [0.3, 0.4) is 0 Å². The van der Waals surface area contributed by atoms with Gasteiger partial charge in [-0.25, -0.2) is 4.39 Å². The molecular weight excluding hydrogens is 359 g/mol. The minimum Gasteiger partial charge on any atom is -0.296 e. The SMILES string of the molecule is O=C(CN1CCC(CN2C(=O)[C@H]3CCCC[C@@H]3C2=O)CC1)c1ccc(F)cc1. The van der Waals surface area contributed by atoms with Gasteiger partial charge in [-0.2, -0.15) is 0 Å². The van der Waals surface area contributed by atoms with E-state index in [9.17, 15) is 18.8 Å². The lowest BCUT2D eigenvalue weighted by atomic mass is 9.81. The van der Waals surface area contributed by atoms with Gasteiger partial charge in [-0.05, 0) is 69.0 Å². The zero-order valence-corrected chi connectivity index (χ0v) is 16.1. The summed E-state index contributed by atoms with van der Waals surface area (Å²) in [6.45, 7) is 2.41. The third-order valence-corrected chi connectivity index (χ3v) is 6.61. The van der Waals surface area contributed by atoms with Crippen molar-refractivity contribution in [3.8, 4) is 0 Å². The predicted molar refractivity (Wildman–Crippen MR) is 102 cm³/mol. The van der Waals surface area contributed by atoms with Crippen LogP contribution in [0, 0.1) is 23.6 Å². The Balaban J connectivity index is 1.27. The molecule has 2 amide bonds. The van der Waals surface area contributed by atoms with Gasteiger partial charge in [0.25, 0.3) is 0 Å². The Morgan fingerprint density at radius 2 is 1.50 bits per heavy atom. The number of imide groups is 1. The fourth-order valence-electron chi connectivity index (χ4n) is 4.93. The normalized spacial score (nSPS) is 26.5. The van der Waals surface area contributed by atoms with Crippen molar-refractivity contribution >= 4 is 17.6 Å². The van der Waals surface area contributed by atoms with Crippen LogP contribution in [-0.2, 0) is 9.59 Å². The number of Topliss-reactive ketones (excluding diaryl/α,β-unsaturated/α-hetero) is 1. The summed E-state index contributed by atoms with van der Waals surface area (Å²) in [7, 11) is 0. The van der Waals surface area contributed by atoms with Crippen molar-refractivity contribution in [2.75, 3.05) is 26.2 Å². The van der Waals surface area contributed by atoms with E-state index in [1.54, 1.807) is 0 Å². The largest absolute Gasteiger partial charge is 0.296 e. The molecule has 3 fully saturated rings. The number of nitrogens with zero attached hydrogens (tertiary/aromatic N) is 2. The molecule has 3 aliphatic rings. The first-order valence-corrected chi connectivity index (χ1v) is 10.4. The molecule has 0 unspecified atom stereocenters. The van der Waals surface area contributed by atoms with E-state index in [1.165, 1.54) is 29.2 Å². The first-order valence-electron chi connectivity index (χ1n) is 10.4. The van der Waals surface area contributed by atoms with Crippen molar-refractivity contribution < 1.29 is 18.8 Å². The molecule has 2 heterocycles. The number of ketones is 1.